The van der Waals surface area contributed by atoms with E-state index in [1.54, 1.807) is 0 Å². The zero-order chi connectivity index (χ0) is 14.2. The van der Waals surface area contributed by atoms with Crippen LogP contribution in [0.15, 0.2) is 60.7 Å². The Balaban J connectivity index is 1.87. The van der Waals surface area contributed by atoms with Crippen molar-refractivity contribution < 1.29 is 9.53 Å². The summed E-state index contributed by atoms with van der Waals surface area (Å²) in [6, 6.07) is 19.3. The lowest BCUT2D eigenvalue weighted by atomic mass is 10.0. The maximum absolute atomic E-state index is 11.9. The molecule has 0 aliphatic heterocycles. The van der Waals surface area contributed by atoms with Crippen molar-refractivity contribution in [1.82, 2.24) is 5.32 Å². The summed E-state index contributed by atoms with van der Waals surface area (Å²) in [5.41, 5.74) is 1.11. The standard InChI is InChI=1S/C17H19NO2/c1-2-16(14-9-5-3-6-10-14)18-17(19)13-20-15-11-7-4-8-12-15/h3-12,16H,2,13H2,1H3,(H,18,19)/t16-/m1/s1. The maximum Gasteiger partial charge on any atom is 0.258 e. The van der Waals surface area contributed by atoms with Crippen molar-refractivity contribution in [1.29, 1.82) is 0 Å². The van der Waals surface area contributed by atoms with Crippen molar-refractivity contribution in [3.05, 3.63) is 66.2 Å². The molecule has 2 aromatic rings. The average Bonchev–Trinajstić information content (AvgIpc) is 2.52. The van der Waals surface area contributed by atoms with E-state index in [4.69, 9.17) is 4.74 Å². The van der Waals surface area contributed by atoms with Gasteiger partial charge in [0.25, 0.3) is 5.91 Å². The molecule has 0 unspecified atom stereocenters. The molecule has 104 valence electrons. The lowest BCUT2D eigenvalue weighted by Gasteiger charge is -2.17. The van der Waals surface area contributed by atoms with Gasteiger partial charge in [-0.25, -0.2) is 0 Å². The van der Waals surface area contributed by atoms with E-state index >= 15 is 0 Å². The molecule has 20 heavy (non-hydrogen) atoms. The van der Waals surface area contributed by atoms with Gasteiger partial charge in [0, 0.05) is 0 Å². The highest BCUT2D eigenvalue weighted by molar-refractivity contribution is 5.78. The van der Waals surface area contributed by atoms with Gasteiger partial charge in [-0.3, -0.25) is 4.79 Å². The first-order valence-electron chi connectivity index (χ1n) is 6.81. The summed E-state index contributed by atoms with van der Waals surface area (Å²) in [6.45, 7) is 2.09. The number of hydrogen-bond acceptors (Lipinski definition) is 2. The topological polar surface area (TPSA) is 38.3 Å². The van der Waals surface area contributed by atoms with Gasteiger partial charge in [-0.05, 0) is 24.1 Å². The van der Waals surface area contributed by atoms with Crippen LogP contribution in [0.5, 0.6) is 5.75 Å². The third-order valence-corrected chi connectivity index (χ3v) is 3.06. The predicted molar refractivity (Wildman–Crippen MR) is 79.6 cm³/mol. The second-order valence-corrected chi connectivity index (χ2v) is 4.54. The summed E-state index contributed by atoms with van der Waals surface area (Å²) in [4.78, 5) is 11.9. The lowest BCUT2D eigenvalue weighted by molar-refractivity contribution is -0.123. The third kappa shape index (κ3) is 4.12. The fourth-order valence-electron chi connectivity index (χ4n) is 2.01. The van der Waals surface area contributed by atoms with Crippen molar-refractivity contribution >= 4 is 5.91 Å². The number of carbonyl (C=O) groups is 1. The van der Waals surface area contributed by atoms with Crippen LogP contribution < -0.4 is 10.1 Å². The van der Waals surface area contributed by atoms with Gasteiger partial charge in [-0.2, -0.15) is 0 Å². The maximum atomic E-state index is 11.9. The Labute approximate surface area is 119 Å². The van der Waals surface area contributed by atoms with Gasteiger partial charge in [-0.15, -0.1) is 0 Å². The highest BCUT2D eigenvalue weighted by Crippen LogP contribution is 2.15. The van der Waals surface area contributed by atoms with E-state index in [0.29, 0.717) is 5.75 Å². The number of nitrogens with one attached hydrogen (secondary N) is 1. The minimum Gasteiger partial charge on any atom is -0.484 e. The van der Waals surface area contributed by atoms with Gasteiger partial charge in [0.1, 0.15) is 5.75 Å². The zero-order valence-electron chi connectivity index (χ0n) is 11.6. The van der Waals surface area contributed by atoms with Crippen LogP contribution in [0.2, 0.25) is 0 Å². The Bertz CT molecular complexity index is 525. The molecular formula is C17H19NO2. The molecule has 2 rings (SSSR count). The molecular weight excluding hydrogens is 250 g/mol. The number of hydrogen-bond donors (Lipinski definition) is 1. The summed E-state index contributed by atoms with van der Waals surface area (Å²) < 4.78 is 5.44. The molecule has 3 nitrogen and oxygen atoms in total. The molecule has 0 bridgehead atoms. The molecule has 0 heterocycles. The van der Waals surface area contributed by atoms with Crippen LogP contribution in [0.3, 0.4) is 0 Å². The van der Waals surface area contributed by atoms with Crippen molar-refractivity contribution in [2.75, 3.05) is 6.61 Å². The largest absolute Gasteiger partial charge is 0.484 e. The molecule has 0 saturated carbocycles. The van der Waals surface area contributed by atoms with Crippen LogP contribution in [-0.2, 0) is 4.79 Å². The second-order valence-electron chi connectivity index (χ2n) is 4.54. The van der Waals surface area contributed by atoms with Crippen LogP contribution in [-0.4, -0.2) is 12.5 Å². The van der Waals surface area contributed by atoms with Gasteiger partial charge in [0.15, 0.2) is 6.61 Å². The van der Waals surface area contributed by atoms with E-state index in [9.17, 15) is 4.79 Å². The van der Waals surface area contributed by atoms with Crippen molar-refractivity contribution in [2.45, 2.75) is 19.4 Å². The number of para-hydroxylation sites is 1. The van der Waals surface area contributed by atoms with Crippen molar-refractivity contribution in [3.8, 4) is 5.75 Å². The summed E-state index contributed by atoms with van der Waals surface area (Å²) in [6.07, 6.45) is 0.848. The molecule has 0 saturated heterocycles. The Hall–Kier alpha value is -2.29. The predicted octanol–water partition coefficient (Wildman–Crippen LogP) is 3.33. The Morgan fingerprint density at radius 1 is 1.05 bits per heavy atom. The number of amides is 1. The summed E-state index contributed by atoms with van der Waals surface area (Å²) in [5, 5.41) is 2.99. The third-order valence-electron chi connectivity index (χ3n) is 3.06. The first-order valence-corrected chi connectivity index (χ1v) is 6.81. The minimum absolute atomic E-state index is 0.0306. The lowest BCUT2D eigenvalue weighted by Crippen LogP contribution is -2.32. The van der Waals surface area contributed by atoms with E-state index in [1.807, 2.05) is 60.7 Å². The second kappa shape index (κ2) is 7.34. The summed E-state index contributed by atoms with van der Waals surface area (Å²) in [5.74, 6) is 0.597. The minimum atomic E-state index is -0.107. The normalized spacial score (nSPS) is 11.7. The van der Waals surface area contributed by atoms with E-state index in [0.717, 1.165) is 12.0 Å². The number of benzene rings is 2. The van der Waals surface area contributed by atoms with Gasteiger partial charge in [-0.1, -0.05) is 55.5 Å². The fourth-order valence-corrected chi connectivity index (χ4v) is 2.01. The summed E-state index contributed by atoms with van der Waals surface area (Å²) >= 11 is 0. The number of rotatable bonds is 6. The first kappa shape index (κ1) is 14.1. The molecule has 0 aromatic heterocycles. The van der Waals surface area contributed by atoms with E-state index < -0.39 is 0 Å². The Morgan fingerprint density at radius 3 is 2.25 bits per heavy atom. The van der Waals surface area contributed by atoms with Crippen molar-refractivity contribution in [2.24, 2.45) is 0 Å². The highest BCUT2D eigenvalue weighted by atomic mass is 16.5. The zero-order valence-corrected chi connectivity index (χ0v) is 11.6. The number of ether oxygens (including phenoxy) is 1. The van der Waals surface area contributed by atoms with Gasteiger partial charge in [0.05, 0.1) is 6.04 Å². The van der Waals surface area contributed by atoms with Gasteiger partial charge >= 0.3 is 0 Å². The molecule has 3 heteroatoms. The molecule has 0 radical (unpaired) electrons. The van der Waals surface area contributed by atoms with Crippen LogP contribution in [0.1, 0.15) is 24.9 Å². The highest BCUT2D eigenvalue weighted by Gasteiger charge is 2.12. The molecule has 2 aromatic carbocycles. The Morgan fingerprint density at radius 2 is 1.65 bits per heavy atom. The van der Waals surface area contributed by atoms with Crippen LogP contribution >= 0.6 is 0 Å². The average molecular weight is 269 g/mol. The number of carbonyl (C=O) groups excluding carboxylic acids is 1. The van der Waals surface area contributed by atoms with E-state index in [2.05, 4.69) is 12.2 Å². The molecule has 0 aliphatic carbocycles. The smallest absolute Gasteiger partial charge is 0.258 e. The fraction of sp³-hybridized carbons (Fsp3) is 0.235. The molecule has 0 aliphatic rings. The molecule has 0 spiro atoms. The Kier molecular flexibility index (Phi) is 5.18. The molecule has 1 atom stereocenters. The van der Waals surface area contributed by atoms with Crippen LogP contribution in [0.4, 0.5) is 0 Å². The molecule has 1 N–H and O–H groups in total. The SMILES string of the molecule is CC[C@@H](NC(=O)COc1ccccc1)c1ccccc1. The van der Waals surface area contributed by atoms with Crippen LogP contribution in [0, 0.1) is 0 Å². The van der Waals surface area contributed by atoms with E-state index in [-0.39, 0.29) is 18.6 Å². The molecule has 0 fully saturated rings. The van der Waals surface area contributed by atoms with Gasteiger partial charge in [0.2, 0.25) is 0 Å². The van der Waals surface area contributed by atoms with E-state index in [1.165, 1.54) is 0 Å². The van der Waals surface area contributed by atoms with Crippen LogP contribution in [0.25, 0.3) is 0 Å². The quantitative estimate of drug-likeness (QED) is 0.873. The van der Waals surface area contributed by atoms with Crippen molar-refractivity contribution in [3.63, 3.8) is 0 Å². The molecule has 1 amide bonds. The van der Waals surface area contributed by atoms with Gasteiger partial charge < -0.3 is 10.1 Å². The first-order chi connectivity index (χ1) is 9.79. The monoisotopic (exact) mass is 269 g/mol. The summed E-state index contributed by atoms with van der Waals surface area (Å²) in [7, 11) is 0.